The van der Waals surface area contributed by atoms with E-state index in [1.165, 1.54) is 11.3 Å². The van der Waals surface area contributed by atoms with Crippen molar-refractivity contribution in [2.45, 2.75) is 20.4 Å². The second-order valence-corrected chi connectivity index (χ2v) is 6.34. The normalized spacial score (nSPS) is 11.1. The molecule has 1 amide bonds. The summed E-state index contributed by atoms with van der Waals surface area (Å²) in [4.78, 5) is 17.9. The lowest BCUT2D eigenvalue weighted by molar-refractivity contribution is 0.1000. The third-order valence-corrected chi connectivity index (χ3v) is 4.32. The number of rotatable bonds is 8. The molecule has 0 spiro atoms. The van der Waals surface area contributed by atoms with Crippen molar-refractivity contribution >= 4 is 17.6 Å². The van der Waals surface area contributed by atoms with E-state index in [1.54, 1.807) is 19.2 Å². The van der Waals surface area contributed by atoms with Crippen molar-refractivity contribution < 1.29 is 4.79 Å². The van der Waals surface area contributed by atoms with Gasteiger partial charge in [0.25, 0.3) is 0 Å². The highest BCUT2D eigenvalue weighted by Crippen LogP contribution is 2.14. The van der Waals surface area contributed by atoms with Crippen LogP contribution in [0.4, 0.5) is 5.69 Å². The maximum absolute atomic E-state index is 11.3. The molecule has 4 N–H and O–H groups in total. The maximum Gasteiger partial charge on any atom is 0.248 e. The Morgan fingerprint density at radius 1 is 1.15 bits per heavy atom. The van der Waals surface area contributed by atoms with Gasteiger partial charge >= 0.3 is 0 Å². The summed E-state index contributed by atoms with van der Waals surface area (Å²) in [7, 11) is 1.74. The number of primary amides is 1. The Labute approximate surface area is 161 Å². The third kappa shape index (κ3) is 6.33. The van der Waals surface area contributed by atoms with Crippen LogP contribution in [0.25, 0.3) is 0 Å². The number of amides is 1. The quantitative estimate of drug-likeness (QED) is 0.494. The number of carbonyl (C=O) groups excluding carboxylic acids is 1. The monoisotopic (exact) mass is 367 g/mol. The number of nitrogens with two attached hydrogens (primary N) is 1. The number of guanidine groups is 1. The summed E-state index contributed by atoms with van der Waals surface area (Å²) in [6.45, 7) is 7.41. The molecule has 0 unspecified atom stereocenters. The summed E-state index contributed by atoms with van der Waals surface area (Å²) in [5, 5.41) is 6.59. The van der Waals surface area contributed by atoms with Crippen LogP contribution >= 0.6 is 0 Å². The number of carbonyl (C=O) groups is 1. The van der Waals surface area contributed by atoms with Crippen molar-refractivity contribution in [3.05, 3.63) is 65.2 Å². The molecule has 0 saturated heterocycles. The Morgan fingerprint density at radius 3 is 2.59 bits per heavy atom. The van der Waals surface area contributed by atoms with Gasteiger partial charge in [-0.05, 0) is 49.2 Å². The Bertz CT molecular complexity index is 788. The molecule has 0 atom stereocenters. The van der Waals surface area contributed by atoms with Gasteiger partial charge in [0.05, 0.1) is 0 Å². The lowest BCUT2D eigenvalue weighted by Gasteiger charge is -2.24. The molecule has 6 nitrogen and oxygen atoms in total. The van der Waals surface area contributed by atoms with Crippen molar-refractivity contribution in [3.8, 4) is 0 Å². The number of hydrogen-bond donors (Lipinski definition) is 3. The Kier molecular flexibility index (Phi) is 7.67. The van der Waals surface area contributed by atoms with Crippen molar-refractivity contribution in [1.82, 2.24) is 10.6 Å². The number of anilines is 1. The molecule has 27 heavy (non-hydrogen) atoms. The Hall–Kier alpha value is -3.02. The number of hydrogen-bond acceptors (Lipinski definition) is 3. The fraction of sp³-hybridized carbons (Fsp3) is 0.333. The first-order valence-electron chi connectivity index (χ1n) is 9.18. The van der Waals surface area contributed by atoms with Gasteiger partial charge in [-0.3, -0.25) is 9.79 Å². The van der Waals surface area contributed by atoms with E-state index in [1.807, 2.05) is 12.1 Å². The summed E-state index contributed by atoms with van der Waals surface area (Å²) >= 11 is 0. The molecule has 0 aromatic heterocycles. The van der Waals surface area contributed by atoms with Gasteiger partial charge in [-0.2, -0.15) is 0 Å². The van der Waals surface area contributed by atoms with Gasteiger partial charge in [0.2, 0.25) is 5.91 Å². The molecular weight excluding hydrogens is 338 g/mol. The van der Waals surface area contributed by atoms with E-state index in [2.05, 4.69) is 58.6 Å². The minimum atomic E-state index is -0.421. The van der Waals surface area contributed by atoms with Crippen molar-refractivity contribution in [2.75, 3.05) is 31.6 Å². The smallest absolute Gasteiger partial charge is 0.248 e. The lowest BCUT2D eigenvalue weighted by Crippen LogP contribution is -2.41. The van der Waals surface area contributed by atoms with Crippen LogP contribution in [0.15, 0.2) is 53.5 Å². The van der Waals surface area contributed by atoms with Gasteiger partial charge in [-0.25, -0.2) is 0 Å². The Balaban J connectivity index is 1.84. The molecular formula is C21H29N5O. The zero-order valence-corrected chi connectivity index (χ0v) is 16.3. The molecule has 0 aliphatic carbocycles. The topological polar surface area (TPSA) is 82.8 Å². The van der Waals surface area contributed by atoms with E-state index < -0.39 is 5.91 Å². The van der Waals surface area contributed by atoms with Crippen LogP contribution in [-0.4, -0.2) is 38.5 Å². The number of aliphatic imine (C=N–C) groups is 1. The highest BCUT2D eigenvalue weighted by Gasteiger charge is 2.06. The average molecular weight is 367 g/mol. The summed E-state index contributed by atoms with van der Waals surface area (Å²) < 4.78 is 0. The van der Waals surface area contributed by atoms with E-state index in [4.69, 9.17) is 5.73 Å². The van der Waals surface area contributed by atoms with Crippen LogP contribution < -0.4 is 21.3 Å². The number of aryl methyl sites for hydroxylation is 1. The average Bonchev–Trinajstić information content (AvgIpc) is 2.67. The summed E-state index contributed by atoms with van der Waals surface area (Å²) in [5.41, 5.74) is 9.30. The van der Waals surface area contributed by atoms with Crippen LogP contribution in [0.1, 0.15) is 28.4 Å². The summed E-state index contributed by atoms with van der Waals surface area (Å²) in [5.74, 6) is 0.301. The van der Waals surface area contributed by atoms with E-state index in [-0.39, 0.29) is 0 Å². The van der Waals surface area contributed by atoms with E-state index >= 15 is 0 Å². The summed E-state index contributed by atoms with van der Waals surface area (Å²) in [6.07, 6.45) is 0. The Morgan fingerprint density at radius 2 is 1.93 bits per heavy atom. The van der Waals surface area contributed by atoms with Crippen LogP contribution in [0, 0.1) is 6.92 Å². The molecule has 2 aromatic carbocycles. The maximum atomic E-state index is 11.3. The SMILES string of the molecule is CCN(CCNC(=NC)NCc1cccc(C(N)=O)c1)c1cccc(C)c1. The third-order valence-electron chi connectivity index (χ3n) is 4.32. The minimum Gasteiger partial charge on any atom is -0.370 e. The molecule has 0 saturated carbocycles. The van der Waals surface area contributed by atoms with Crippen molar-refractivity contribution in [1.29, 1.82) is 0 Å². The molecule has 0 fully saturated rings. The van der Waals surface area contributed by atoms with E-state index in [9.17, 15) is 4.79 Å². The van der Waals surface area contributed by atoms with Gasteiger partial charge in [-0.1, -0.05) is 24.3 Å². The van der Waals surface area contributed by atoms with Crippen LogP contribution in [0.2, 0.25) is 0 Å². The van der Waals surface area contributed by atoms with E-state index in [0.29, 0.717) is 12.1 Å². The predicted octanol–water partition coefficient (Wildman–Crippen LogP) is 2.29. The second kappa shape index (κ2) is 10.2. The van der Waals surface area contributed by atoms with Crippen molar-refractivity contribution in [3.63, 3.8) is 0 Å². The van der Waals surface area contributed by atoms with E-state index in [0.717, 1.165) is 31.2 Å². The largest absolute Gasteiger partial charge is 0.370 e. The predicted molar refractivity (Wildman–Crippen MR) is 112 cm³/mol. The number of benzene rings is 2. The molecule has 0 aliphatic rings. The van der Waals surface area contributed by atoms with Crippen molar-refractivity contribution in [2.24, 2.45) is 10.7 Å². The number of likely N-dealkylation sites (N-methyl/N-ethyl adjacent to an activating group) is 1. The molecule has 6 heteroatoms. The van der Waals surface area contributed by atoms with Crippen LogP contribution in [0.3, 0.4) is 0 Å². The fourth-order valence-electron chi connectivity index (χ4n) is 2.84. The zero-order valence-electron chi connectivity index (χ0n) is 16.3. The standard InChI is InChI=1S/C21H29N5O/c1-4-26(19-10-5-7-16(2)13-19)12-11-24-21(23-3)25-15-17-8-6-9-18(14-17)20(22)27/h5-10,13-14H,4,11-12,15H2,1-3H3,(H2,22,27)(H2,23,24,25). The number of nitrogens with zero attached hydrogens (tertiary/aromatic N) is 2. The molecule has 2 aromatic rings. The summed E-state index contributed by atoms with van der Waals surface area (Å²) in [6, 6.07) is 15.8. The van der Waals surface area contributed by atoms with Crippen LogP contribution in [-0.2, 0) is 6.54 Å². The minimum absolute atomic E-state index is 0.421. The molecule has 0 radical (unpaired) electrons. The highest BCUT2D eigenvalue weighted by molar-refractivity contribution is 5.92. The molecule has 0 aliphatic heterocycles. The first-order chi connectivity index (χ1) is 13.0. The van der Waals surface area contributed by atoms with Gasteiger partial charge in [-0.15, -0.1) is 0 Å². The van der Waals surface area contributed by atoms with Gasteiger partial charge in [0, 0.05) is 44.5 Å². The fourth-order valence-corrected chi connectivity index (χ4v) is 2.84. The van der Waals surface area contributed by atoms with Gasteiger partial charge in [0.1, 0.15) is 0 Å². The zero-order chi connectivity index (χ0) is 19.6. The molecule has 2 rings (SSSR count). The molecule has 0 bridgehead atoms. The molecule has 144 valence electrons. The lowest BCUT2D eigenvalue weighted by atomic mass is 10.1. The molecule has 0 heterocycles. The first-order valence-corrected chi connectivity index (χ1v) is 9.18. The first kappa shape index (κ1) is 20.3. The van der Waals surface area contributed by atoms with Crippen LogP contribution in [0.5, 0.6) is 0 Å². The van der Waals surface area contributed by atoms with Gasteiger partial charge < -0.3 is 21.3 Å². The van der Waals surface area contributed by atoms with Gasteiger partial charge in [0.15, 0.2) is 5.96 Å². The second-order valence-electron chi connectivity index (χ2n) is 6.34. The highest BCUT2D eigenvalue weighted by atomic mass is 16.1. The number of nitrogens with one attached hydrogen (secondary N) is 2.